The number of aliphatic hydroxyl groups is 2. The van der Waals surface area contributed by atoms with Gasteiger partial charge in [-0.1, -0.05) is 74.5 Å². The maximum absolute atomic E-state index is 14.8. The summed E-state index contributed by atoms with van der Waals surface area (Å²) in [6, 6.07) is 18.2. The smallest absolute Gasteiger partial charge is 0.406 e. The topological polar surface area (TPSA) is 99.1 Å². The summed E-state index contributed by atoms with van der Waals surface area (Å²) in [4.78, 5) is 32.4. The van der Waals surface area contributed by atoms with Gasteiger partial charge in [-0.3, -0.25) is 4.79 Å². The van der Waals surface area contributed by atoms with Crippen LogP contribution in [0.4, 0.5) is 18.0 Å². The van der Waals surface area contributed by atoms with Gasteiger partial charge in [0.05, 0.1) is 29.2 Å². The number of nitrogens with one attached hydrogen (secondary N) is 1. The summed E-state index contributed by atoms with van der Waals surface area (Å²) in [6.07, 6.45) is 6.16. The Labute approximate surface area is 330 Å². The third-order valence-electron chi connectivity index (χ3n) is 14.8. The number of ketones is 1. The van der Waals surface area contributed by atoms with Crippen LogP contribution in [0, 0.1) is 40.4 Å². The predicted molar refractivity (Wildman–Crippen MR) is 209 cm³/mol. The van der Waals surface area contributed by atoms with Crippen molar-refractivity contribution in [3.63, 3.8) is 0 Å². The number of halogens is 3. The molecule has 2 amide bonds. The SMILES string of the molecule is Cc1ccc(C(=O)C2=CC34C=CC25C(CCC2(C)C5CCC2(O)CN(Cc2ccc(OC(F)(F)F)cc2)C(=O)NC(C)c2ccccc2)C3(C)CCC(O)C4)s1. The van der Waals surface area contributed by atoms with E-state index in [0.29, 0.717) is 42.5 Å². The highest BCUT2D eigenvalue weighted by molar-refractivity contribution is 7.14. The van der Waals surface area contributed by atoms with Gasteiger partial charge in [-0.25, -0.2) is 4.79 Å². The second-order valence-electron chi connectivity index (χ2n) is 17.7. The molecule has 0 saturated heterocycles. The molecule has 1 aromatic heterocycles. The molecule has 3 saturated carbocycles. The van der Waals surface area contributed by atoms with Gasteiger partial charge in [0.1, 0.15) is 5.75 Å². The lowest BCUT2D eigenvalue weighted by Crippen LogP contribution is -2.67. The number of Topliss-reactive ketones (excluding diaryl/α,β-unsaturated/α-hetero) is 1. The summed E-state index contributed by atoms with van der Waals surface area (Å²) in [6.45, 7) is 8.41. The fraction of sp³-hybridized carbons (Fsp3) is 0.511. The summed E-state index contributed by atoms with van der Waals surface area (Å²) >= 11 is 1.49. The molecule has 9 rings (SSSR count). The summed E-state index contributed by atoms with van der Waals surface area (Å²) < 4.78 is 42.9. The Bertz CT molecular complexity index is 2070. The zero-order valence-corrected chi connectivity index (χ0v) is 33.2. The first-order chi connectivity index (χ1) is 26.4. The Morgan fingerprint density at radius 1 is 0.946 bits per heavy atom. The molecule has 11 heteroatoms. The zero-order valence-electron chi connectivity index (χ0n) is 32.4. The van der Waals surface area contributed by atoms with Crippen molar-refractivity contribution >= 4 is 23.2 Å². The first kappa shape index (κ1) is 38.9. The molecule has 2 aromatic carbocycles. The molecule has 3 fully saturated rings. The van der Waals surface area contributed by atoms with Gasteiger partial charge in [0.15, 0.2) is 5.78 Å². The molecule has 9 unspecified atom stereocenters. The number of urea groups is 1. The van der Waals surface area contributed by atoms with Crippen LogP contribution in [-0.2, 0) is 6.54 Å². The lowest BCUT2D eigenvalue weighted by atomic mass is 9.32. The van der Waals surface area contributed by atoms with Gasteiger partial charge < -0.3 is 25.2 Å². The summed E-state index contributed by atoms with van der Waals surface area (Å²) in [7, 11) is 0. The number of aryl methyl sites for hydroxylation is 1. The number of carbonyl (C=O) groups is 2. The molecule has 3 aromatic rings. The predicted octanol–water partition coefficient (Wildman–Crippen LogP) is 9.70. The molecule has 6 aliphatic carbocycles. The van der Waals surface area contributed by atoms with E-state index in [9.17, 15) is 33.0 Å². The molecule has 6 aliphatic rings. The lowest BCUT2D eigenvalue weighted by Gasteiger charge is -2.71. The minimum atomic E-state index is -4.83. The fourth-order valence-corrected chi connectivity index (χ4v) is 12.7. The number of carbonyl (C=O) groups excluding carboxylic acids is 2. The fourth-order valence-electron chi connectivity index (χ4n) is 11.9. The third-order valence-corrected chi connectivity index (χ3v) is 15.8. The van der Waals surface area contributed by atoms with E-state index in [0.717, 1.165) is 28.9 Å². The maximum Gasteiger partial charge on any atom is 0.573 e. The number of aliphatic hydroxyl groups excluding tert-OH is 1. The van der Waals surface area contributed by atoms with Gasteiger partial charge in [0, 0.05) is 33.2 Å². The number of rotatable bonds is 9. The van der Waals surface area contributed by atoms with E-state index < -0.39 is 40.3 Å². The molecule has 298 valence electrons. The number of nitrogens with zero attached hydrogens (tertiary/aromatic N) is 1. The highest BCUT2D eigenvalue weighted by atomic mass is 32.1. The van der Waals surface area contributed by atoms with E-state index in [2.05, 4.69) is 42.1 Å². The molecule has 1 heterocycles. The van der Waals surface area contributed by atoms with E-state index in [-0.39, 0.29) is 47.9 Å². The van der Waals surface area contributed by atoms with E-state index >= 15 is 0 Å². The van der Waals surface area contributed by atoms with Crippen molar-refractivity contribution in [2.75, 3.05) is 6.54 Å². The Morgan fingerprint density at radius 2 is 1.62 bits per heavy atom. The van der Waals surface area contributed by atoms with Crippen molar-refractivity contribution in [1.82, 2.24) is 10.2 Å². The Morgan fingerprint density at radius 3 is 2.30 bits per heavy atom. The second kappa shape index (κ2) is 13.6. The van der Waals surface area contributed by atoms with Crippen LogP contribution < -0.4 is 10.1 Å². The van der Waals surface area contributed by atoms with Gasteiger partial charge in [-0.2, -0.15) is 0 Å². The zero-order chi connectivity index (χ0) is 39.9. The molecule has 7 nitrogen and oxygen atoms in total. The molecule has 2 spiro atoms. The minimum Gasteiger partial charge on any atom is -0.406 e. The highest BCUT2D eigenvalue weighted by Gasteiger charge is 2.74. The third kappa shape index (κ3) is 6.14. The number of hydrogen-bond acceptors (Lipinski definition) is 6. The Balaban J connectivity index is 1.15. The van der Waals surface area contributed by atoms with Crippen LogP contribution in [-0.4, -0.2) is 51.5 Å². The van der Waals surface area contributed by atoms with Crippen LogP contribution >= 0.6 is 11.3 Å². The number of alkyl halides is 3. The molecule has 0 aliphatic heterocycles. The Hall–Kier alpha value is -3.93. The molecule has 2 bridgehead atoms. The molecular weight excluding hydrogens is 738 g/mol. The summed E-state index contributed by atoms with van der Waals surface area (Å²) in [5.41, 5.74) is -1.04. The molecule has 3 N–H and O–H groups in total. The largest absolute Gasteiger partial charge is 0.573 e. The second-order valence-corrected chi connectivity index (χ2v) is 19.0. The number of fused-ring (bicyclic) bond motifs is 1. The van der Waals surface area contributed by atoms with Gasteiger partial charge >= 0.3 is 12.4 Å². The van der Waals surface area contributed by atoms with Crippen molar-refractivity contribution in [2.45, 2.75) is 103 Å². The number of benzene rings is 2. The first-order valence-electron chi connectivity index (χ1n) is 19.8. The molecule has 9 atom stereocenters. The maximum atomic E-state index is 14.8. The Kier molecular flexibility index (Phi) is 9.44. The first-order valence-corrected chi connectivity index (χ1v) is 20.6. The monoisotopic (exact) mass is 788 g/mol. The molecule has 0 radical (unpaired) electrons. The number of ether oxygens (including phenoxy) is 1. The lowest BCUT2D eigenvalue weighted by molar-refractivity contribution is -0.274. The van der Waals surface area contributed by atoms with E-state index in [1.54, 1.807) is 4.90 Å². The average Bonchev–Trinajstić information content (AvgIpc) is 3.71. The van der Waals surface area contributed by atoms with E-state index in [4.69, 9.17) is 0 Å². The van der Waals surface area contributed by atoms with Crippen LogP contribution in [0.15, 0.2) is 90.5 Å². The molecular formula is C45H51F3N2O5S. The van der Waals surface area contributed by atoms with Crippen molar-refractivity contribution in [1.29, 1.82) is 0 Å². The van der Waals surface area contributed by atoms with Crippen molar-refractivity contribution in [3.05, 3.63) is 111 Å². The quantitative estimate of drug-likeness (QED) is 0.148. The highest BCUT2D eigenvalue weighted by Crippen LogP contribution is 2.78. The normalized spacial score (nSPS) is 34.8. The van der Waals surface area contributed by atoms with Gasteiger partial charge in [-0.15, -0.1) is 24.5 Å². The number of allylic oxidation sites excluding steroid dienone is 4. The van der Waals surface area contributed by atoms with Crippen molar-refractivity contribution < 1.29 is 37.7 Å². The molecule has 56 heavy (non-hydrogen) atoms. The summed E-state index contributed by atoms with van der Waals surface area (Å²) in [5.74, 6) is -0.320. The van der Waals surface area contributed by atoms with Crippen LogP contribution in [0.2, 0.25) is 0 Å². The van der Waals surface area contributed by atoms with Gasteiger partial charge in [0.25, 0.3) is 0 Å². The van der Waals surface area contributed by atoms with Crippen LogP contribution in [0.5, 0.6) is 5.75 Å². The van der Waals surface area contributed by atoms with Crippen molar-refractivity contribution in [2.24, 2.45) is 33.5 Å². The van der Waals surface area contributed by atoms with Gasteiger partial charge in [0.2, 0.25) is 0 Å². The number of amides is 2. The van der Waals surface area contributed by atoms with Crippen LogP contribution in [0.3, 0.4) is 0 Å². The number of hydrogen-bond donors (Lipinski definition) is 3. The van der Waals surface area contributed by atoms with Crippen LogP contribution in [0.25, 0.3) is 0 Å². The van der Waals surface area contributed by atoms with Crippen molar-refractivity contribution in [3.8, 4) is 5.75 Å². The summed E-state index contributed by atoms with van der Waals surface area (Å²) in [5, 5.41) is 27.3. The van der Waals surface area contributed by atoms with Gasteiger partial charge in [-0.05, 0) is 111 Å². The van der Waals surface area contributed by atoms with E-state index in [1.807, 2.05) is 56.3 Å². The number of thiophene rings is 1. The standard InChI is InChI=1S/C45H51F3N2O5S/c1-28-10-15-35(56-28)38(52)34-25-42-22-23-44(34)36(40(42,3)19-16-32(51)24-42)17-20-41(4)37(44)18-21-43(41,54)27-50(39(53)49-29(2)31-8-6-5-7-9-31)26-30-11-13-33(14-12-30)55-45(46,47)48/h5-15,22-23,25,29,32,36-37,51,54H,16-21,24,26-27H2,1-4H3,(H,49,53). The van der Waals surface area contributed by atoms with E-state index in [1.165, 1.54) is 35.6 Å². The average molecular weight is 789 g/mol. The minimum absolute atomic E-state index is 0.0108. The van der Waals surface area contributed by atoms with Crippen LogP contribution in [0.1, 0.15) is 97.4 Å².